The molecule has 51 heavy (non-hydrogen) atoms. The van der Waals surface area contributed by atoms with Crippen molar-refractivity contribution in [3.05, 3.63) is 47.3 Å². The average molecular weight is 721 g/mol. The third-order valence-electron chi connectivity index (χ3n) is 10.4. The number of aliphatic hydroxyl groups excluding tert-OH is 1. The minimum atomic E-state index is -1.31. The van der Waals surface area contributed by atoms with E-state index < -0.39 is 60.1 Å². The van der Waals surface area contributed by atoms with Crippen LogP contribution in [-0.2, 0) is 47.5 Å². The van der Waals surface area contributed by atoms with Crippen LogP contribution in [0.4, 0.5) is 0 Å². The summed E-state index contributed by atoms with van der Waals surface area (Å²) in [6, 6.07) is 0. The van der Waals surface area contributed by atoms with Gasteiger partial charge in [-0.2, -0.15) is 0 Å². The molecule has 0 bridgehead atoms. The number of methoxy groups -OCH3 is 3. The monoisotopic (exact) mass is 720 g/mol. The number of cyclic esters (lactones) is 1. The van der Waals surface area contributed by atoms with Crippen LogP contribution in [0.5, 0.6) is 0 Å². The molecule has 0 unspecified atom stereocenters. The standard InChI is InChI=1S/C40H64O11/c1-22(2)36-27(7)34(48-30(10)41)21-40(47-14,51-36)29(9)35(43)28(8)38-32(45-12)17-15-16-23(3)18-25(5)37(49-31(11)42)26(6)19-24(4)20-33(46-13)39(44)50-38/h15-17,19-20,22,25-29,32,34-38,43H,18,21H2,1-14H3/b17-15+,23-16+,24-19+,33-20-/t25-,26-,27+,28+,29+,32+,34-,35-,36-,37+,38-,40-/m1/s1. The number of hydrogen-bond acceptors (Lipinski definition) is 11. The van der Waals surface area contributed by atoms with Gasteiger partial charge in [0, 0.05) is 58.2 Å². The van der Waals surface area contributed by atoms with E-state index in [1.165, 1.54) is 35.2 Å². The van der Waals surface area contributed by atoms with Crippen LogP contribution >= 0.6 is 0 Å². The zero-order valence-electron chi connectivity index (χ0n) is 33.3. The van der Waals surface area contributed by atoms with Crippen molar-refractivity contribution in [2.75, 3.05) is 21.3 Å². The van der Waals surface area contributed by atoms with Gasteiger partial charge in [0.2, 0.25) is 5.76 Å². The predicted molar refractivity (Wildman–Crippen MR) is 194 cm³/mol. The molecule has 0 radical (unpaired) electrons. The summed E-state index contributed by atoms with van der Waals surface area (Å²) in [6.45, 7) is 20.3. The lowest BCUT2D eigenvalue weighted by Crippen LogP contribution is -2.60. The molecule has 2 rings (SSSR count). The van der Waals surface area contributed by atoms with E-state index >= 15 is 0 Å². The second-order valence-corrected chi connectivity index (χ2v) is 14.9. The SMILES string of the molecule is CO/C1=C\C(C)=C\[C@@H](C)[C@@H](OC(C)=O)[C@H](C)C/C(C)=C/C=C/[C@H](OC)[C@@H]([C@@H](C)[C@@H](O)[C@H](C)[C@@]2(OC)C[C@@H](OC(C)=O)[C@H](C)[C@@H](C(C)C)O2)OC1=O. The number of hydrogen-bond donors (Lipinski definition) is 1. The highest BCUT2D eigenvalue weighted by molar-refractivity contribution is 5.87. The number of esters is 3. The highest BCUT2D eigenvalue weighted by atomic mass is 16.7. The summed E-state index contributed by atoms with van der Waals surface area (Å²) < 4.78 is 41.8. The molecule has 0 aliphatic carbocycles. The van der Waals surface area contributed by atoms with Crippen LogP contribution in [0.2, 0.25) is 0 Å². The molecule has 0 spiro atoms. The zero-order chi connectivity index (χ0) is 38.8. The Morgan fingerprint density at radius 1 is 0.980 bits per heavy atom. The van der Waals surface area contributed by atoms with Crippen molar-refractivity contribution >= 4 is 17.9 Å². The van der Waals surface area contributed by atoms with E-state index in [0.29, 0.717) is 12.0 Å². The molecule has 11 nitrogen and oxygen atoms in total. The van der Waals surface area contributed by atoms with Gasteiger partial charge >= 0.3 is 17.9 Å². The Hall–Kier alpha value is -2.99. The van der Waals surface area contributed by atoms with Crippen molar-refractivity contribution < 1.29 is 52.6 Å². The summed E-state index contributed by atoms with van der Waals surface area (Å²) in [7, 11) is 4.42. The minimum absolute atomic E-state index is 0.00203. The molecular formula is C40H64O11. The fraction of sp³-hybridized carbons (Fsp3) is 0.725. The van der Waals surface area contributed by atoms with Crippen LogP contribution < -0.4 is 0 Å². The summed E-state index contributed by atoms with van der Waals surface area (Å²) in [5.41, 5.74) is 1.77. The van der Waals surface area contributed by atoms with Gasteiger partial charge in [-0.05, 0) is 38.2 Å². The number of aliphatic hydroxyl groups is 1. The smallest absolute Gasteiger partial charge is 0.373 e. The van der Waals surface area contributed by atoms with E-state index in [-0.39, 0.29) is 47.9 Å². The van der Waals surface area contributed by atoms with Crippen LogP contribution in [0, 0.1) is 35.5 Å². The van der Waals surface area contributed by atoms with E-state index in [9.17, 15) is 19.5 Å². The van der Waals surface area contributed by atoms with Crippen molar-refractivity contribution in [1.29, 1.82) is 0 Å². The maximum atomic E-state index is 13.8. The molecule has 0 saturated carbocycles. The average Bonchev–Trinajstić information content (AvgIpc) is 3.06. The molecule has 0 aromatic carbocycles. The lowest BCUT2D eigenvalue weighted by molar-refractivity contribution is -0.339. The second-order valence-electron chi connectivity index (χ2n) is 14.9. The minimum Gasteiger partial charge on any atom is -0.490 e. The van der Waals surface area contributed by atoms with Crippen molar-refractivity contribution in [3.8, 4) is 0 Å². The molecule has 1 fully saturated rings. The molecule has 0 amide bonds. The molecule has 12 atom stereocenters. The molecule has 1 saturated heterocycles. The predicted octanol–water partition coefficient (Wildman–Crippen LogP) is 6.49. The second kappa shape index (κ2) is 19.7. The molecule has 0 aromatic heterocycles. The Balaban J connectivity index is 2.61. The van der Waals surface area contributed by atoms with Gasteiger partial charge in [0.05, 0.1) is 19.3 Å². The lowest BCUT2D eigenvalue weighted by atomic mass is 9.76. The summed E-state index contributed by atoms with van der Waals surface area (Å²) in [5.74, 6) is -4.44. The van der Waals surface area contributed by atoms with E-state index in [2.05, 4.69) is 0 Å². The summed E-state index contributed by atoms with van der Waals surface area (Å²) in [6.07, 6.45) is 5.88. The maximum Gasteiger partial charge on any atom is 0.373 e. The van der Waals surface area contributed by atoms with Gasteiger partial charge in [-0.15, -0.1) is 0 Å². The Bertz CT molecular complexity index is 1300. The van der Waals surface area contributed by atoms with Crippen LogP contribution in [0.1, 0.15) is 89.0 Å². The molecule has 2 aliphatic heterocycles. The quantitative estimate of drug-likeness (QED) is 0.196. The lowest BCUT2D eigenvalue weighted by Gasteiger charge is -2.51. The van der Waals surface area contributed by atoms with Crippen LogP contribution in [0.25, 0.3) is 0 Å². The Morgan fingerprint density at radius 2 is 1.61 bits per heavy atom. The number of ether oxygens (including phenoxy) is 7. The summed E-state index contributed by atoms with van der Waals surface area (Å²) in [5, 5.41) is 12.1. The first-order chi connectivity index (χ1) is 23.8. The highest BCUT2D eigenvalue weighted by Gasteiger charge is 2.54. The van der Waals surface area contributed by atoms with Gasteiger partial charge < -0.3 is 38.3 Å². The molecule has 2 aliphatic rings. The number of rotatable bonds is 10. The van der Waals surface area contributed by atoms with Crippen LogP contribution in [0.3, 0.4) is 0 Å². The molecule has 11 heteroatoms. The van der Waals surface area contributed by atoms with Gasteiger partial charge in [0.15, 0.2) is 5.79 Å². The van der Waals surface area contributed by atoms with E-state index in [0.717, 1.165) is 5.57 Å². The van der Waals surface area contributed by atoms with E-state index in [1.54, 1.807) is 19.1 Å². The van der Waals surface area contributed by atoms with Crippen LogP contribution in [0.15, 0.2) is 47.3 Å². The van der Waals surface area contributed by atoms with Crippen molar-refractivity contribution in [3.63, 3.8) is 0 Å². The van der Waals surface area contributed by atoms with Gasteiger partial charge in [-0.3, -0.25) is 9.59 Å². The van der Waals surface area contributed by atoms with Gasteiger partial charge in [-0.25, -0.2) is 4.79 Å². The first-order valence-electron chi connectivity index (χ1n) is 18.1. The summed E-state index contributed by atoms with van der Waals surface area (Å²) in [4.78, 5) is 37.9. The third-order valence-corrected chi connectivity index (χ3v) is 10.4. The van der Waals surface area contributed by atoms with Gasteiger partial charge in [0.25, 0.3) is 0 Å². The number of carbonyl (C=O) groups is 3. The Morgan fingerprint density at radius 3 is 2.14 bits per heavy atom. The zero-order valence-corrected chi connectivity index (χ0v) is 33.3. The van der Waals surface area contributed by atoms with Crippen molar-refractivity contribution in [2.45, 2.75) is 131 Å². The summed E-state index contributed by atoms with van der Waals surface area (Å²) >= 11 is 0. The highest BCUT2D eigenvalue weighted by Crippen LogP contribution is 2.44. The largest absolute Gasteiger partial charge is 0.490 e. The Labute approximate surface area is 305 Å². The number of carbonyl (C=O) groups excluding carboxylic acids is 3. The number of allylic oxidation sites excluding steroid dienone is 5. The fourth-order valence-corrected chi connectivity index (χ4v) is 7.59. The molecule has 2 heterocycles. The Kier molecular flexibility index (Phi) is 17.1. The van der Waals surface area contributed by atoms with Gasteiger partial charge in [-0.1, -0.05) is 83.9 Å². The maximum absolute atomic E-state index is 13.8. The van der Waals surface area contributed by atoms with Crippen LogP contribution in [-0.4, -0.2) is 86.8 Å². The topological polar surface area (TPSA) is 136 Å². The van der Waals surface area contributed by atoms with Crippen molar-refractivity contribution in [1.82, 2.24) is 0 Å². The van der Waals surface area contributed by atoms with E-state index in [4.69, 9.17) is 33.2 Å². The molecule has 0 aromatic rings. The molecule has 1 N–H and O–H groups in total. The van der Waals surface area contributed by atoms with Crippen molar-refractivity contribution in [2.24, 2.45) is 35.5 Å². The first-order valence-corrected chi connectivity index (χ1v) is 18.1. The third kappa shape index (κ3) is 11.8. The first kappa shape index (κ1) is 44.2. The fourth-order valence-electron chi connectivity index (χ4n) is 7.59. The molecule has 290 valence electrons. The van der Waals surface area contributed by atoms with Gasteiger partial charge in [0.1, 0.15) is 24.4 Å². The normalized spacial score (nSPS) is 36.9. The van der Waals surface area contributed by atoms with E-state index in [1.807, 2.05) is 73.6 Å². The molecular weight excluding hydrogens is 656 g/mol.